The first-order valence-electron chi connectivity index (χ1n) is 8.27. The van der Waals surface area contributed by atoms with E-state index in [9.17, 15) is 4.79 Å². The van der Waals surface area contributed by atoms with Crippen LogP contribution < -0.4 is 10.6 Å². The van der Waals surface area contributed by atoms with Crippen LogP contribution in [0.4, 0.5) is 5.69 Å². The fourth-order valence-electron chi connectivity index (χ4n) is 3.79. The number of carbonyl (C=O) groups is 1. The normalized spacial score (nSPS) is 18.8. The van der Waals surface area contributed by atoms with Crippen molar-refractivity contribution < 1.29 is 4.79 Å². The van der Waals surface area contributed by atoms with Gasteiger partial charge >= 0.3 is 0 Å². The molecular weight excluding hydrogens is 291 g/mol. The topological polar surface area (TPSA) is 41.1 Å². The van der Waals surface area contributed by atoms with Crippen molar-refractivity contribution in [2.24, 2.45) is 0 Å². The number of hydrogen-bond donors (Lipinski definition) is 2. The molecule has 1 fully saturated rings. The molecule has 0 bridgehead atoms. The molecule has 0 aliphatic carbocycles. The summed E-state index contributed by atoms with van der Waals surface area (Å²) in [7, 11) is 0.700. The zero-order valence-corrected chi connectivity index (χ0v) is 15.5. The Bertz CT molecular complexity index is 527. The Morgan fingerprint density at radius 1 is 1.09 bits per heavy atom. The summed E-state index contributed by atoms with van der Waals surface area (Å²) in [5, 5.41) is 6.53. The highest BCUT2D eigenvalue weighted by molar-refractivity contribution is 7.76. The highest BCUT2D eigenvalue weighted by Crippen LogP contribution is 2.62. The smallest absolute Gasteiger partial charge is 0.280 e. The molecule has 1 heterocycles. The van der Waals surface area contributed by atoms with Gasteiger partial charge in [0, 0.05) is 12.9 Å². The minimum Gasteiger partial charge on any atom is -0.321 e. The molecule has 1 amide bonds. The number of rotatable bonds is 4. The van der Waals surface area contributed by atoms with Crippen LogP contribution in [0.15, 0.2) is 12.1 Å². The standard InChI is InChI=1S/C18H29N2OP/c1-13-11-14(2)16(15(3)12-13)20-17(21)18(19-4)22(5)9-7-6-8-10-22/h11-12,18-19H,6-10H2,1-5H3/p+1. The lowest BCUT2D eigenvalue weighted by atomic mass is 10.1. The van der Waals surface area contributed by atoms with Crippen LogP contribution in [-0.4, -0.2) is 37.7 Å². The van der Waals surface area contributed by atoms with Gasteiger partial charge in [0.1, 0.15) is 0 Å². The predicted octanol–water partition coefficient (Wildman–Crippen LogP) is 3.93. The van der Waals surface area contributed by atoms with E-state index in [2.05, 4.69) is 50.2 Å². The van der Waals surface area contributed by atoms with E-state index in [0.717, 1.165) is 16.8 Å². The second kappa shape index (κ2) is 7.10. The van der Waals surface area contributed by atoms with Gasteiger partial charge in [0.05, 0.1) is 19.0 Å². The van der Waals surface area contributed by atoms with Gasteiger partial charge in [-0.1, -0.05) is 17.7 Å². The molecule has 0 radical (unpaired) electrons. The van der Waals surface area contributed by atoms with Crippen LogP contribution in [-0.2, 0) is 4.79 Å². The van der Waals surface area contributed by atoms with Crippen LogP contribution in [0.3, 0.4) is 0 Å². The van der Waals surface area contributed by atoms with E-state index in [1.807, 2.05) is 7.05 Å². The van der Waals surface area contributed by atoms with Crippen molar-refractivity contribution in [2.75, 3.05) is 31.4 Å². The van der Waals surface area contributed by atoms with Gasteiger partial charge in [-0.2, -0.15) is 0 Å². The Morgan fingerprint density at radius 2 is 1.64 bits per heavy atom. The largest absolute Gasteiger partial charge is 0.321 e. The summed E-state index contributed by atoms with van der Waals surface area (Å²) >= 11 is 0. The maximum atomic E-state index is 12.9. The zero-order chi connectivity index (χ0) is 16.3. The molecule has 1 atom stereocenters. The quantitative estimate of drug-likeness (QED) is 0.825. The molecule has 1 aliphatic heterocycles. The van der Waals surface area contributed by atoms with Crippen molar-refractivity contribution in [2.45, 2.75) is 45.8 Å². The lowest BCUT2D eigenvalue weighted by molar-refractivity contribution is -0.116. The fraction of sp³-hybridized carbons (Fsp3) is 0.611. The third kappa shape index (κ3) is 3.70. The van der Waals surface area contributed by atoms with Crippen molar-refractivity contribution in [1.29, 1.82) is 0 Å². The molecule has 1 saturated heterocycles. The molecule has 0 saturated carbocycles. The Balaban J connectivity index is 2.20. The van der Waals surface area contributed by atoms with Crippen molar-refractivity contribution in [1.82, 2.24) is 5.32 Å². The molecule has 122 valence electrons. The van der Waals surface area contributed by atoms with Gasteiger partial charge in [0.15, 0.2) is 5.78 Å². The van der Waals surface area contributed by atoms with Gasteiger partial charge in [-0.05, 0) is 58.2 Å². The molecule has 1 aliphatic rings. The maximum Gasteiger partial charge on any atom is 0.280 e. The summed E-state index contributed by atoms with van der Waals surface area (Å²) < 4.78 is 0. The van der Waals surface area contributed by atoms with Crippen LogP contribution in [0.2, 0.25) is 0 Å². The van der Waals surface area contributed by atoms with Crippen LogP contribution in [0.1, 0.15) is 36.0 Å². The lowest BCUT2D eigenvalue weighted by Crippen LogP contribution is -2.42. The van der Waals surface area contributed by atoms with Crippen molar-refractivity contribution in [3.63, 3.8) is 0 Å². The number of aryl methyl sites for hydroxylation is 3. The van der Waals surface area contributed by atoms with E-state index in [1.54, 1.807) is 0 Å². The molecule has 22 heavy (non-hydrogen) atoms. The van der Waals surface area contributed by atoms with Crippen LogP contribution in [0.5, 0.6) is 0 Å². The highest BCUT2D eigenvalue weighted by atomic mass is 31.2. The molecule has 4 heteroatoms. The monoisotopic (exact) mass is 321 g/mol. The summed E-state index contributed by atoms with van der Waals surface area (Å²) in [4.78, 5) is 12.9. The highest BCUT2D eigenvalue weighted by Gasteiger charge is 2.45. The van der Waals surface area contributed by atoms with Gasteiger partial charge in [-0.15, -0.1) is 0 Å². The van der Waals surface area contributed by atoms with Crippen molar-refractivity contribution in [3.05, 3.63) is 28.8 Å². The maximum absolute atomic E-state index is 12.9. The first kappa shape index (κ1) is 17.4. The second-order valence-electron chi connectivity index (χ2n) is 6.94. The zero-order valence-electron chi connectivity index (χ0n) is 14.6. The molecule has 2 rings (SSSR count). The van der Waals surface area contributed by atoms with Gasteiger partial charge in [0.25, 0.3) is 5.91 Å². The second-order valence-corrected chi connectivity index (χ2v) is 11.3. The number of hydrogen-bond acceptors (Lipinski definition) is 2. The third-order valence-corrected chi connectivity index (χ3v) is 9.32. The van der Waals surface area contributed by atoms with E-state index in [4.69, 9.17) is 0 Å². The van der Waals surface area contributed by atoms with E-state index in [1.165, 1.54) is 37.1 Å². The Labute approximate surface area is 135 Å². The molecular formula is C18H30N2OP+. The molecule has 2 N–H and O–H groups in total. The summed E-state index contributed by atoms with van der Waals surface area (Å²) in [6.45, 7) is 8.60. The Hall–Kier alpha value is -0.920. The van der Waals surface area contributed by atoms with Gasteiger partial charge in [-0.3, -0.25) is 10.1 Å². The number of anilines is 1. The van der Waals surface area contributed by atoms with E-state index < -0.39 is 7.26 Å². The van der Waals surface area contributed by atoms with E-state index in [-0.39, 0.29) is 11.7 Å². The lowest BCUT2D eigenvalue weighted by Gasteiger charge is -2.33. The third-order valence-electron chi connectivity index (χ3n) is 4.91. The number of likely N-dealkylation sites (N-methyl/N-ethyl adjacent to an activating group) is 1. The number of carbonyl (C=O) groups excluding carboxylic acids is 1. The molecule has 3 nitrogen and oxygen atoms in total. The number of benzene rings is 1. The molecule has 1 aromatic rings. The van der Waals surface area contributed by atoms with Crippen molar-refractivity contribution in [3.8, 4) is 0 Å². The SMILES string of the molecule is CNC(C(=O)Nc1c(C)cc(C)cc1C)[P+]1(C)CCCCC1. The van der Waals surface area contributed by atoms with Crippen molar-refractivity contribution >= 4 is 18.9 Å². The molecule has 0 spiro atoms. The van der Waals surface area contributed by atoms with Gasteiger partial charge < -0.3 is 5.32 Å². The minimum absolute atomic E-state index is 0.0205. The fourth-order valence-corrected chi connectivity index (χ4v) is 7.67. The summed E-state index contributed by atoms with van der Waals surface area (Å²) in [5.74, 6) is 0.128. The molecule has 1 unspecified atom stereocenters. The van der Waals surface area contributed by atoms with E-state index in [0.29, 0.717) is 0 Å². The average molecular weight is 321 g/mol. The molecule has 1 aromatic carbocycles. The van der Waals surface area contributed by atoms with Gasteiger partial charge in [-0.25, -0.2) is 0 Å². The summed E-state index contributed by atoms with van der Waals surface area (Å²) in [6.07, 6.45) is 6.34. The predicted molar refractivity (Wildman–Crippen MR) is 98.6 cm³/mol. The number of amides is 1. The van der Waals surface area contributed by atoms with Crippen LogP contribution in [0, 0.1) is 20.8 Å². The molecule has 0 aromatic heterocycles. The average Bonchev–Trinajstić information content (AvgIpc) is 2.44. The van der Waals surface area contributed by atoms with E-state index >= 15 is 0 Å². The Kier molecular flexibility index (Phi) is 5.63. The summed E-state index contributed by atoms with van der Waals surface area (Å²) in [6, 6.07) is 4.27. The first-order chi connectivity index (χ1) is 10.4. The van der Waals surface area contributed by atoms with Crippen LogP contribution >= 0.6 is 7.26 Å². The minimum atomic E-state index is -1.23. The van der Waals surface area contributed by atoms with Crippen LogP contribution in [0.25, 0.3) is 0 Å². The number of nitrogens with one attached hydrogen (secondary N) is 2. The van der Waals surface area contributed by atoms with Gasteiger partial charge in [0.2, 0.25) is 0 Å². The summed E-state index contributed by atoms with van der Waals surface area (Å²) in [5.41, 5.74) is 4.52. The Morgan fingerprint density at radius 3 is 2.14 bits per heavy atom. The first-order valence-corrected chi connectivity index (χ1v) is 10.9.